The molecule has 0 aromatic carbocycles. The minimum atomic E-state index is 0.791. The summed E-state index contributed by atoms with van der Waals surface area (Å²) in [7, 11) is 0. The van der Waals surface area contributed by atoms with Crippen LogP contribution >= 0.6 is 0 Å². The molecule has 14 heavy (non-hydrogen) atoms. The first kappa shape index (κ1) is 11.6. The van der Waals surface area contributed by atoms with Gasteiger partial charge in [0.2, 0.25) is 0 Å². The molecule has 0 radical (unpaired) electrons. The summed E-state index contributed by atoms with van der Waals surface area (Å²) in [6.07, 6.45) is 5.07. The summed E-state index contributed by atoms with van der Waals surface area (Å²) in [5, 5.41) is 2.34. The maximum atomic E-state index is 3.38. The van der Waals surface area contributed by atoms with Gasteiger partial charge in [0.25, 0.3) is 0 Å². The van der Waals surface area contributed by atoms with Gasteiger partial charge in [0, 0.05) is 24.7 Å². The van der Waals surface area contributed by atoms with Crippen molar-refractivity contribution >= 4 is 0 Å². The molecule has 0 spiro atoms. The van der Waals surface area contributed by atoms with E-state index in [0.717, 1.165) is 18.4 Å². The van der Waals surface area contributed by atoms with Crippen molar-refractivity contribution < 1.29 is 0 Å². The van der Waals surface area contributed by atoms with Crippen LogP contribution in [0.3, 0.4) is 0 Å². The molecule has 0 aromatic rings. The first-order chi connectivity index (χ1) is 6.79. The van der Waals surface area contributed by atoms with Gasteiger partial charge >= 0.3 is 0 Å². The lowest BCUT2D eigenvalue weighted by Gasteiger charge is -2.35. The molecule has 0 aliphatic carbocycles. The Labute approximate surface area is 88.3 Å². The van der Waals surface area contributed by atoms with Gasteiger partial charge in [-0.05, 0) is 24.8 Å². The predicted molar refractivity (Wildman–Crippen MR) is 61.7 cm³/mol. The van der Waals surface area contributed by atoms with Gasteiger partial charge in [-0.2, -0.15) is 0 Å². The minimum absolute atomic E-state index is 0.791. The number of piperidine rings is 1. The number of fused-ring (bicyclic) bond motifs is 1. The van der Waals surface area contributed by atoms with Gasteiger partial charge in [0.15, 0.2) is 0 Å². The normalized spacial score (nSPS) is 25.4. The second-order valence-electron chi connectivity index (χ2n) is 4.14. The highest BCUT2D eigenvalue weighted by molar-refractivity contribution is 5.13. The fourth-order valence-corrected chi connectivity index (χ4v) is 2.31. The third-order valence-corrected chi connectivity index (χ3v) is 2.99. The van der Waals surface area contributed by atoms with E-state index in [-0.39, 0.29) is 0 Å². The van der Waals surface area contributed by atoms with Gasteiger partial charge in [-0.3, -0.25) is 0 Å². The molecule has 0 amide bonds. The Kier molecular flexibility index (Phi) is 4.46. The Morgan fingerprint density at radius 1 is 1.43 bits per heavy atom. The Bertz CT molecular complexity index is 196. The Morgan fingerprint density at radius 3 is 2.79 bits per heavy atom. The fraction of sp³-hybridized carbons (Fsp3) is 0.833. The lowest BCUT2D eigenvalue weighted by atomic mass is 9.85. The van der Waals surface area contributed by atoms with Crippen molar-refractivity contribution in [3.05, 3.63) is 11.8 Å². The van der Waals surface area contributed by atoms with Gasteiger partial charge in [-0.1, -0.05) is 27.7 Å². The van der Waals surface area contributed by atoms with Crippen LogP contribution in [0.15, 0.2) is 11.8 Å². The Morgan fingerprint density at radius 2 is 2.14 bits per heavy atom. The standard InChI is InChI=1S/C10H18N2.C2H6/c1-8(2)9-4-3-7-12-10(9)5-6-11-12;1-2/h5,8-9,11H,3-4,6-7H2,1-2H3;1-2H3. The third-order valence-electron chi connectivity index (χ3n) is 2.99. The fourth-order valence-electron chi connectivity index (χ4n) is 2.31. The van der Waals surface area contributed by atoms with Crippen LogP contribution in [0.4, 0.5) is 0 Å². The average molecular weight is 196 g/mol. The quantitative estimate of drug-likeness (QED) is 0.694. The summed E-state index contributed by atoms with van der Waals surface area (Å²) in [5.41, 5.74) is 4.94. The van der Waals surface area contributed by atoms with E-state index in [1.807, 2.05) is 13.8 Å². The average Bonchev–Trinajstić information content (AvgIpc) is 2.67. The van der Waals surface area contributed by atoms with Gasteiger partial charge < -0.3 is 5.01 Å². The Balaban J connectivity index is 0.000000461. The second-order valence-corrected chi connectivity index (χ2v) is 4.14. The van der Waals surface area contributed by atoms with Crippen molar-refractivity contribution in [2.45, 2.75) is 40.5 Å². The molecule has 1 unspecified atom stereocenters. The van der Waals surface area contributed by atoms with E-state index in [4.69, 9.17) is 0 Å². The first-order valence-corrected chi connectivity index (χ1v) is 6.00. The number of hydrazine groups is 1. The smallest absolute Gasteiger partial charge is 0.0351 e. The zero-order valence-corrected chi connectivity index (χ0v) is 10.0. The molecule has 0 saturated carbocycles. The molecule has 1 atom stereocenters. The number of rotatable bonds is 1. The van der Waals surface area contributed by atoms with Crippen LogP contribution in [0.5, 0.6) is 0 Å². The molecule has 82 valence electrons. The van der Waals surface area contributed by atoms with Crippen molar-refractivity contribution in [3.63, 3.8) is 0 Å². The summed E-state index contributed by atoms with van der Waals surface area (Å²) >= 11 is 0. The highest BCUT2D eigenvalue weighted by atomic mass is 15.5. The minimum Gasteiger partial charge on any atom is -0.312 e. The molecule has 2 heterocycles. The van der Waals surface area contributed by atoms with Crippen molar-refractivity contribution in [1.29, 1.82) is 0 Å². The highest BCUT2D eigenvalue weighted by Crippen LogP contribution is 2.32. The summed E-state index contributed by atoms with van der Waals surface area (Å²) in [4.78, 5) is 0. The van der Waals surface area contributed by atoms with Crippen LogP contribution < -0.4 is 5.43 Å². The van der Waals surface area contributed by atoms with E-state index in [1.54, 1.807) is 5.70 Å². The van der Waals surface area contributed by atoms with E-state index >= 15 is 0 Å². The first-order valence-electron chi connectivity index (χ1n) is 6.00. The third kappa shape index (κ3) is 2.30. The van der Waals surface area contributed by atoms with E-state index in [9.17, 15) is 0 Å². The zero-order valence-electron chi connectivity index (χ0n) is 10.0. The number of hydrogen-bond acceptors (Lipinski definition) is 2. The largest absolute Gasteiger partial charge is 0.312 e. The molecule has 1 saturated heterocycles. The summed E-state index contributed by atoms with van der Waals surface area (Å²) in [6, 6.07) is 0. The van der Waals surface area contributed by atoms with Gasteiger partial charge in [-0.15, -0.1) is 0 Å². The van der Waals surface area contributed by atoms with Crippen molar-refractivity contribution in [1.82, 2.24) is 10.4 Å². The topological polar surface area (TPSA) is 15.3 Å². The molecule has 2 nitrogen and oxygen atoms in total. The molecule has 2 heteroatoms. The van der Waals surface area contributed by atoms with E-state index < -0.39 is 0 Å². The molecule has 1 fully saturated rings. The zero-order chi connectivity index (χ0) is 10.6. The van der Waals surface area contributed by atoms with Gasteiger partial charge in [0.1, 0.15) is 0 Å². The molecule has 2 aliphatic heterocycles. The predicted octanol–water partition coefficient (Wildman–Crippen LogP) is 2.78. The van der Waals surface area contributed by atoms with Crippen LogP contribution in [-0.2, 0) is 0 Å². The van der Waals surface area contributed by atoms with E-state index in [1.165, 1.54) is 19.4 Å². The maximum absolute atomic E-state index is 3.38. The molecular weight excluding hydrogens is 172 g/mol. The number of nitrogens with one attached hydrogen (secondary N) is 1. The summed E-state index contributed by atoms with van der Waals surface area (Å²) in [5.74, 6) is 1.59. The number of nitrogens with zero attached hydrogens (tertiary/aromatic N) is 1. The van der Waals surface area contributed by atoms with Crippen molar-refractivity contribution in [3.8, 4) is 0 Å². The van der Waals surface area contributed by atoms with Crippen LogP contribution in [-0.4, -0.2) is 18.1 Å². The van der Waals surface area contributed by atoms with Crippen LogP contribution in [0, 0.1) is 11.8 Å². The summed E-state index contributed by atoms with van der Waals surface area (Å²) < 4.78 is 0. The second kappa shape index (κ2) is 5.40. The van der Waals surface area contributed by atoms with Crippen molar-refractivity contribution in [2.75, 3.05) is 13.1 Å². The van der Waals surface area contributed by atoms with Crippen LogP contribution in [0.25, 0.3) is 0 Å². The number of allylic oxidation sites excluding steroid dienone is 1. The SMILES string of the molecule is CC.CC(C)C1CCCN2NCC=C12. The molecule has 0 bridgehead atoms. The number of hydrogen-bond donors (Lipinski definition) is 1. The van der Waals surface area contributed by atoms with E-state index in [0.29, 0.717) is 0 Å². The molecular formula is C12H24N2. The molecule has 1 N–H and O–H groups in total. The lowest BCUT2D eigenvalue weighted by molar-refractivity contribution is 0.179. The summed E-state index contributed by atoms with van der Waals surface area (Å²) in [6.45, 7) is 10.9. The molecule has 2 rings (SSSR count). The monoisotopic (exact) mass is 196 g/mol. The highest BCUT2D eigenvalue weighted by Gasteiger charge is 2.29. The Hall–Kier alpha value is -0.500. The van der Waals surface area contributed by atoms with Crippen LogP contribution in [0.1, 0.15) is 40.5 Å². The van der Waals surface area contributed by atoms with Crippen molar-refractivity contribution in [2.24, 2.45) is 11.8 Å². The maximum Gasteiger partial charge on any atom is 0.0351 e. The van der Waals surface area contributed by atoms with Gasteiger partial charge in [0.05, 0.1) is 0 Å². The molecule has 2 aliphatic rings. The van der Waals surface area contributed by atoms with Gasteiger partial charge in [-0.25, -0.2) is 5.43 Å². The van der Waals surface area contributed by atoms with E-state index in [2.05, 4.69) is 30.4 Å². The van der Waals surface area contributed by atoms with Crippen LogP contribution in [0.2, 0.25) is 0 Å². The molecule has 0 aromatic heterocycles. The lowest BCUT2D eigenvalue weighted by Crippen LogP contribution is -2.39.